The molecule has 0 aliphatic heterocycles. The zero-order valence-electron chi connectivity index (χ0n) is 24.0. The van der Waals surface area contributed by atoms with E-state index in [0.29, 0.717) is 17.5 Å². The van der Waals surface area contributed by atoms with Gasteiger partial charge in [-0.3, -0.25) is 0 Å². The van der Waals surface area contributed by atoms with Gasteiger partial charge >= 0.3 is 0 Å². The van der Waals surface area contributed by atoms with Gasteiger partial charge in [-0.15, -0.1) is 0 Å². The van der Waals surface area contributed by atoms with Gasteiger partial charge in [0.05, 0.1) is 5.56 Å². The predicted molar refractivity (Wildman–Crippen MR) is 179 cm³/mol. The number of rotatable bonds is 3. The van der Waals surface area contributed by atoms with Crippen molar-refractivity contribution >= 4 is 43.9 Å². The molecule has 1 aliphatic rings. The van der Waals surface area contributed by atoms with Crippen LogP contribution in [0.1, 0.15) is 11.1 Å². The van der Waals surface area contributed by atoms with Crippen molar-refractivity contribution in [2.75, 3.05) is 0 Å². The van der Waals surface area contributed by atoms with Crippen molar-refractivity contribution in [1.29, 1.82) is 0 Å². The van der Waals surface area contributed by atoms with Crippen LogP contribution in [-0.2, 0) is 6.42 Å². The third kappa shape index (κ3) is 3.71. The number of nitrogens with zero attached hydrogens (tertiary/aromatic N) is 3. The maximum atomic E-state index is 6.41. The molecule has 1 aliphatic carbocycles. The summed E-state index contributed by atoms with van der Waals surface area (Å²) in [4.78, 5) is 15.3. The Bertz CT molecular complexity index is 2650. The smallest absolute Gasteiger partial charge is 0.167 e. The van der Waals surface area contributed by atoms with E-state index in [1.165, 1.54) is 22.3 Å². The van der Waals surface area contributed by atoms with Crippen LogP contribution >= 0.6 is 0 Å². The highest BCUT2D eigenvalue weighted by Gasteiger charge is 2.21. The molecule has 0 N–H and O–H groups in total. The molecule has 0 bridgehead atoms. The molecule has 3 heterocycles. The van der Waals surface area contributed by atoms with Crippen molar-refractivity contribution in [3.05, 3.63) is 139 Å². The lowest BCUT2D eigenvalue weighted by molar-refractivity contribution is 0.669. The summed E-state index contributed by atoms with van der Waals surface area (Å²) < 4.78 is 12.5. The summed E-state index contributed by atoms with van der Waals surface area (Å²) in [6.45, 7) is 0. The van der Waals surface area contributed by atoms with Crippen LogP contribution in [0.2, 0.25) is 0 Å². The molecule has 45 heavy (non-hydrogen) atoms. The van der Waals surface area contributed by atoms with E-state index in [1.54, 1.807) is 0 Å². The first kappa shape index (κ1) is 24.4. The number of para-hydroxylation sites is 3. The van der Waals surface area contributed by atoms with Gasteiger partial charge in [-0.05, 0) is 71.1 Å². The van der Waals surface area contributed by atoms with Crippen LogP contribution in [0.25, 0.3) is 89.2 Å². The standard InChI is InChI=1S/C40H23N3O2/c1-2-9-27-23(8-1)20-26-21-24(16-18-28(26)27)38-41-39(25-17-19-36-33(22-25)30-11-4-5-14-34(30)44-36)43-40(42-38)32-13-7-12-31-29-10-3-6-15-35(29)45-37(31)32/h1-19,21-22H,20H2. The molecule has 0 saturated heterocycles. The summed E-state index contributed by atoms with van der Waals surface area (Å²) in [5, 5.41) is 4.20. The molecular weight excluding hydrogens is 554 g/mol. The van der Waals surface area contributed by atoms with Gasteiger partial charge in [0.25, 0.3) is 0 Å². The number of fused-ring (bicyclic) bond motifs is 9. The van der Waals surface area contributed by atoms with Crippen LogP contribution in [0.5, 0.6) is 0 Å². The van der Waals surface area contributed by atoms with E-state index in [-0.39, 0.29) is 0 Å². The number of benzene rings is 6. The number of furan rings is 2. The lowest BCUT2D eigenvalue weighted by atomic mass is 10.0. The number of hydrogen-bond acceptors (Lipinski definition) is 5. The fourth-order valence-electron chi connectivity index (χ4n) is 6.83. The molecule has 5 nitrogen and oxygen atoms in total. The highest BCUT2D eigenvalue weighted by molar-refractivity contribution is 6.09. The van der Waals surface area contributed by atoms with Gasteiger partial charge in [-0.1, -0.05) is 84.9 Å². The predicted octanol–water partition coefficient (Wildman–Crippen LogP) is 10.2. The second-order valence-electron chi connectivity index (χ2n) is 11.6. The topological polar surface area (TPSA) is 65.0 Å². The molecule has 0 saturated carbocycles. The molecule has 9 aromatic rings. The minimum absolute atomic E-state index is 0.570. The number of aromatic nitrogens is 3. The Kier molecular flexibility index (Phi) is 4.99. The van der Waals surface area contributed by atoms with Gasteiger partial charge in [-0.2, -0.15) is 0 Å². The van der Waals surface area contributed by atoms with Crippen molar-refractivity contribution in [3.63, 3.8) is 0 Å². The van der Waals surface area contributed by atoms with Crippen molar-refractivity contribution < 1.29 is 8.83 Å². The van der Waals surface area contributed by atoms with E-state index in [4.69, 9.17) is 23.8 Å². The highest BCUT2D eigenvalue weighted by Crippen LogP contribution is 2.40. The Balaban J connectivity index is 1.20. The van der Waals surface area contributed by atoms with Crippen LogP contribution in [0.4, 0.5) is 0 Å². The zero-order chi connectivity index (χ0) is 29.5. The first-order valence-corrected chi connectivity index (χ1v) is 15.1. The molecule has 210 valence electrons. The molecule has 0 atom stereocenters. The fourth-order valence-corrected chi connectivity index (χ4v) is 6.83. The summed E-state index contributed by atoms with van der Waals surface area (Å²) in [7, 11) is 0. The Morgan fingerprint density at radius 3 is 1.87 bits per heavy atom. The average Bonchev–Trinajstić information content (AvgIpc) is 3.78. The maximum absolute atomic E-state index is 6.41. The van der Waals surface area contributed by atoms with Crippen LogP contribution in [0, 0.1) is 0 Å². The van der Waals surface area contributed by atoms with Crippen molar-refractivity contribution in [2.45, 2.75) is 6.42 Å². The quantitative estimate of drug-likeness (QED) is 0.209. The van der Waals surface area contributed by atoms with Gasteiger partial charge in [0.2, 0.25) is 0 Å². The molecular formula is C40H23N3O2. The summed E-state index contributed by atoms with van der Waals surface area (Å²) in [6, 6.07) is 43.7. The summed E-state index contributed by atoms with van der Waals surface area (Å²) in [5.41, 5.74) is 11.2. The molecule has 0 radical (unpaired) electrons. The summed E-state index contributed by atoms with van der Waals surface area (Å²) in [5.74, 6) is 1.79. The maximum Gasteiger partial charge on any atom is 0.167 e. The Hall–Kier alpha value is -6.07. The average molecular weight is 578 g/mol. The summed E-state index contributed by atoms with van der Waals surface area (Å²) >= 11 is 0. The molecule has 0 spiro atoms. The number of hydrogen-bond donors (Lipinski definition) is 0. The van der Waals surface area contributed by atoms with Gasteiger partial charge in [0, 0.05) is 32.7 Å². The minimum Gasteiger partial charge on any atom is -0.456 e. The Morgan fingerprint density at radius 1 is 0.400 bits per heavy atom. The zero-order valence-corrected chi connectivity index (χ0v) is 24.0. The molecule has 6 aromatic carbocycles. The SMILES string of the molecule is c1ccc2c(c1)Cc1cc(-c3nc(-c4ccc5oc6ccccc6c5c4)nc(-c4cccc5c4oc4ccccc45)n3)ccc1-2. The van der Waals surface area contributed by atoms with Gasteiger partial charge in [0.15, 0.2) is 17.5 Å². The van der Waals surface area contributed by atoms with Crippen LogP contribution in [0.3, 0.4) is 0 Å². The third-order valence-electron chi connectivity index (χ3n) is 8.97. The minimum atomic E-state index is 0.570. The normalized spacial score (nSPS) is 12.4. The lowest BCUT2D eigenvalue weighted by Gasteiger charge is -2.10. The van der Waals surface area contributed by atoms with Crippen LogP contribution < -0.4 is 0 Å². The van der Waals surface area contributed by atoms with Gasteiger partial charge < -0.3 is 8.83 Å². The molecule has 5 heteroatoms. The molecule has 0 unspecified atom stereocenters. The second kappa shape index (κ2) is 9.21. The van der Waals surface area contributed by atoms with Gasteiger partial charge in [0.1, 0.15) is 22.3 Å². The van der Waals surface area contributed by atoms with E-state index >= 15 is 0 Å². The van der Waals surface area contributed by atoms with Crippen LogP contribution in [0.15, 0.2) is 136 Å². The van der Waals surface area contributed by atoms with E-state index in [2.05, 4.69) is 66.7 Å². The van der Waals surface area contributed by atoms with Crippen molar-refractivity contribution in [2.24, 2.45) is 0 Å². The molecule has 10 rings (SSSR count). The molecule has 3 aromatic heterocycles. The van der Waals surface area contributed by atoms with Crippen LogP contribution in [-0.4, -0.2) is 15.0 Å². The van der Waals surface area contributed by atoms with Crippen molar-refractivity contribution in [1.82, 2.24) is 15.0 Å². The van der Waals surface area contributed by atoms with Crippen molar-refractivity contribution in [3.8, 4) is 45.3 Å². The Morgan fingerprint density at radius 2 is 1.00 bits per heavy atom. The molecule has 0 fully saturated rings. The van der Waals surface area contributed by atoms with E-state index in [1.807, 2.05) is 60.7 Å². The van der Waals surface area contributed by atoms with E-state index < -0.39 is 0 Å². The first-order chi connectivity index (χ1) is 22.3. The third-order valence-corrected chi connectivity index (χ3v) is 8.97. The van der Waals surface area contributed by atoms with E-state index in [9.17, 15) is 0 Å². The first-order valence-electron chi connectivity index (χ1n) is 15.1. The largest absolute Gasteiger partial charge is 0.456 e. The molecule has 0 amide bonds. The van der Waals surface area contributed by atoms with Gasteiger partial charge in [-0.25, -0.2) is 15.0 Å². The fraction of sp³-hybridized carbons (Fsp3) is 0.0250. The Labute approximate surface area is 257 Å². The summed E-state index contributed by atoms with van der Waals surface area (Å²) in [6.07, 6.45) is 0.896. The lowest BCUT2D eigenvalue weighted by Crippen LogP contribution is -2.00. The monoisotopic (exact) mass is 577 g/mol. The highest BCUT2D eigenvalue weighted by atomic mass is 16.3. The van der Waals surface area contributed by atoms with E-state index in [0.717, 1.165) is 67.0 Å². The second-order valence-corrected chi connectivity index (χ2v) is 11.6.